The molecule has 1 N–H and O–H groups in total. The lowest BCUT2D eigenvalue weighted by molar-refractivity contribution is -0.165. The molecule has 0 spiro atoms. The van der Waals surface area contributed by atoms with Crippen molar-refractivity contribution in [3.8, 4) is 0 Å². The zero-order valence-electron chi connectivity index (χ0n) is 11.5. The predicted molar refractivity (Wildman–Crippen MR) is 69.8 cm³/mol. The lowest BCUT2D eigenvalue weighted by atomic mass is 10.1. The minimum atomic E-state index is -4.62. The van der Waals surface area contributed by atoms with Gasteiger partial charge in [0.25, 0.3) is 0 Å². The number of aryl methyl sites for hydroxylation is 2. The molecule has 0 atom stereocenters. The Balaban J connectivity index is 2.65. The first-order chi connectivity index (χ1) is 9.67. The number of amides is 1. The van der Waals surface area contributed by atoms with Gasteiger partial charge < -0.3 is 10.0 Å². The monoisotopic (exact) mass is 303 g/mol. The summed E-state index contributed by atoms with van der Waals surface area (Å²) >= 11 is 0. The lowest BCUT2D eigenvalue weighted by Crippen LogP contribution is -2.42. The Labute approximate surface area is 120 Å². The molecule has 0 fully saturated rings. The molecule has 116 valence electrons. The second-order valence-corrected chi connectivity index (χ2v) is 4.75. The van der Waals surface area contributed by atoms with Gasteiger partial charge in [-0.1, -0.05) is 29.8 Å². The van der Waals surface area contributed by atoms with Gasteiger partial charge in [0, 0.05) is 6.42 Å². The molecule has 0 aliphatic rings. The number of carboxylic acid groups (broad SMARTS) is 1. The highest BCUT2D eigenvalue weighted by atomic mass is 19.4. The number of carbonyl (C=O) groups excluding carboxylic acids is 1. The average molecular weight is 303 g/mol. The van der Waals surface area contributed by atoms with Crippen LogP contribution in [0.25, 0.3) is 0 Å². The molecule has 0 bridgehead atoms. The summed E-state index contributed by atoms with van der Waals surface area (Å²) in [6, 6.07) is 7.26. The summed E-state index contributed by atoms with van der Waals surface area (Å²) in [5.74, 6) is -2.29. The summed E-state index contributed by atoms with van der Waals surface area (Å²) in [6.45, 7) is -0.635. The van der Waals surface area contributed by atoms with E-state index in [1.165, 1.54) is 0 Å². The number of carboxylic acids is 1. The largest absolute Gasteiger partial charge is 0.480 e. The zero-order valence-corrected chi connectivity index (χ0v) is 11.5. The Bertz CT molecular complexity index is 514. The summed E-state index contributed by atoms with van der Waals surface area (Å²) < 4.78 is 37.0. The number of alkyl halides is 3. The van der Waals surface area contributed by atoms with Crippen LogP contribution in [0.3, 0.4) is 0 Å². The summed E-state index contributed by atoms with van der Waals surface area (Å²) in [6.07, 6.45) is -4.50. The van der Waals surface area contributed by atoms with Crippen LogP contribution >= 0.6 is 0 Å². The van der Waals surface area contributed by atoms with E-state index in [1.807, 2.05) is 19.1 Å². The van der Waals surface area contributed by atoms with Crippen molar-refractivity contribution >= 4 is 11.9 Å². The number of halogens is 3. The van der Waals surface area contributed by atoms with Crippen molar-refractivity contribution < 1.29 is 27.9 Å². The van der Waals surface area contributed by atoms with Crippen LogP contribution in [0.5, 0.6) is 0 Å². The fourth-order valence-electron chi connectivity index (χ4n) is 1.89. The normalized spacial score (nSPS) is 11.2. The van der Waals surface area contributed by atoms with Gasteiger partial charge in [-0.05, 0) is 18.9 Å². The van der Waals surface area contributed by atoms with Gasteiger partial charge in [0.1, 0.15) is 13.1 Å². The molecule has 0 radical (unpaired) electrons. The van der Waals surface area contributed by atoms with Crippen molar-refractivity contribution in [3.05, 3.63) is 35.4 Å². The minimum absolute atomic E-state index is 0.160. The van der Waals surface area contributed by atoms with Gasteiger partial charge in [0.15, 0.2) is 0 Å². The third kappa shape index (κ3) is 6.78. The number of hydrogen-bond donors (Lipinski definition) is 1. The van der Waals surface area contributed by atoms with Crippen LogP contribution in [0.4, 0.5) is 13.2 Å². The topological polar surface area (TPSA) is 57.6 Å². The number of aliphatic carboxylic acids is 1. The van der Waals surface area contributed by atoms with Crippen LogP contribution in [0.15, 0.2) is 24.3 Å². The predicted octanol–water partition coefficient (Wildman–Crippen LogP) is 2.40. The number of carbonyl (C=O) groups is 2. The maximum absolute atomic E-state index is 12.3. The Morgan fingerprint density at radius 2 is 1.95 bits per heavy atom. The first-order valence-corrected chi connectivity index (χ1v) is 6.29. The molecule has 0 aromatic heterocycles. The zero-order chi connectivity index (χ0) is 16.0. The molecule has 7 heteroatoms. The lowest BCUT2D eigenvalue weighted by Gasteiger charge is -2.22. The maximum atomic E-state index is 12.3. The summed E-state index contributed by atoms with van der Waals surface area (Å²) in [4.78, 5) is 22.7. The Morgan fingerprint density at radius 3 is 2.48 bits per heavy atom. The molecule has 1 rings (SSSR count). The van der Waals surface area contributed by atoms with Crippen molar-refractivity contribution in [1.82, 2.24) is 4.90 Å². The first kappa shape index (κ1) is 17.0. The quantitative estimate of drug-likeness (QED) is 0.878. The number of hydrogen-bond acceptors (Lipinski definition) is 2. The highest BCUT2D eigenvalue weighted by Crippen LogP contribution is 2.17. The molecule has 21 heavy (non-hydrogen) atoms. The summed E-state index contributed by atoms with van der Waals surface area (Å²) in [5, 5.41) is 8.59. The molecule has 0 saturated carbocycles. The van der Waals surface area contributed by atoms with E-state index in [2.05, 4.69) is 0 Å². The number of rotatable bonds is 6. The van der Waals surface area contributed by atoms with Gasteiger partial charge in [-0.25, -0.2) is 0 Å². The molecule has 0 heterocycles. The van der Waals surface area contributed by atoms with E-state index < -0.39 is 31.1 Å². The Morgan fingerprint density at radius 1 is 1.29 bits per heavy atom. The van der Waals surface area contributed by atoms with Crippen LogP contribution in [-0.2, 0) is 16.0 Å². The van der Waals surface area contributed by atoms with Crippen LogP contribution < -0.4 is 0 Å². The minimum Gasteiger partial charge on any atom is -0.480 e. The van der Waals surface area contributed by atoms with Crippen molar-refractivity contribution in [2.24, 2.45) is 0 Å². The molecular weight excluding hydrogens is 287 g/mol. The average Bonchev–Trinajstić information content (AvgIpc) is 2.33. The fourth-order valence-corrected chi connectivity index (χ4v) is 1.89. The molecule has 0 aliphatic carbocycles. The van der Waals surface area contributed by atoms with Gasteiger partial charge in [0.05, 0.1) is 0 Å². The van der Waals surface area contributed by atoms with Crippen molar-refractivity contribution in [3.63, 3.8) is 0 Å². The number of nitrogens with zero attached hydrogens (tertiary/aromatic N) is 1. The summed E-state index contributed by atoms with van der Waals surface area (Å²) in [7, 11) is 0. The molecular formula is C14H16F3NO3. The van der Waals surface area contributed by atoms with Crippen LogP contribution in [0.1, 0.15) is 17.5 Å². The highest BCUT2D eigenvalue weighted by molar-refractivity contribution is 5.81. The SMILES string of the molecule is Cc1cccc(CCC(=O)N(CC(=O)O)CC(F)(F)F)c1. The van der Waals surface area contributed by atoms with E-state index in [0.717, 1.165) is 11.1 Å². The highest BCUT2D eigenvalue weighted by Gasteiger charge is 2.33. The van der Waals surface area contributed by atoms with Gasteiger partial charge >= 0.3 is 12.1 Å². The molecule has 1 aromatic carbocycles. The standard InChI is InChI=1S/C14H16F3NO3/c1-10-3-2-4-11(7-10)5-6-12(19)18(8-13(20)21)9-14(15,16)17/h2-4,7H,5-6,8-9H2,1H3,(H,20,21). The van der Waals surface area contributed by atoms with Crippen LogP contribution in [0, 0.1) is 6.92 Å². The molecule has 1 aromatic rings. The van der Waals surface area contributed by atoms with Crippen LogP contribution in [-0.4, -0.2) is 41.1 Å². The number of benzene rings is 1. The Kier molecular flexibility index (Phi) is 5.75. The van der Waals surface area contributed by atoms with Crippen LogP contribution in [0.2, 0.25) is 0 Å². The molecule has 1 amide bonds. The maximum Gasteiger partial charge on any atom is 0.406 e. The Hall–Kier alpha value is -2.05. The first-order valence-electron chi connectivity index (χ1n) is 6.29. The van der Waals surface area contributed by atoms with E-state index in [0.29, 0.717) is 4.90 Å². The smallest absolute Gasteiger partial charge is 0.406 e. The third-order valence-corrected chi connectivity index (χ3v) is 2.76. The third-order valence-electron chi connectivity index (χ3n) is 2.76. The fraction of sp³-hybridized carbons (Fsp3) is 0.429. The van der Waals surface area contributed by atoms with E-state index in [9.17, 15) is 22.8 Å². The van der Waals surface area contributed by atoms with Crippen molar-refractivity contribution in [2.45, 2.75) is 25.9 Å². The molecule has 4 nitrogen and oxygen atoms in total. The molecule has 0 saturated heterocycles. The second-order valence-electron chi connectivity index (χ2n) is 4.75. The van der Waals surface area contributed by atoms with Gasteiger partial charge in [-0.3, -0.25) is 9.59 Å². The van der Waals surface area contributed by atoms with Gasteiger partial charge in [-0.15, -0.1) is 0 Å². The van der Waals surface area contributed by atoms with Gasteiger partial charge in [-0.2, -0.15) is 13.2 Å². The molecule has 0 unspecified atom stereocenters. The van der Waals surface area contributed by atoms with E-state index in [-0.39, 0.29) is 12.8 Å². The summed E-state index contributed by atoms with van der Waals surface area (Å²) in [5.41, 5.74) is 1.81. The van der Waals surface area contributed by atoms with E-state index in [4.69, 9.17) is 5.11 Å². The van der Waals surface area contributed by atoms with E-state index >= 15 is 0 Å². The van der Waals surface area contributed by atoms with Gasteiger partial charge in [0.2, 0.25) is 5.91 Å². The van der Waals surface area contributed by atoms with Crippen molar-refractivity contribution in [1.29, 1.82) is 0 Å². The second kappa shape index (κ2) is 7.10. The van der Waals surface area contributed by atoms with E-state index in [1.54, 1.807) is 12.1 Å². The molecule has 0 aliphatic heterocycles. The van der Waals surface area contributed by atoms with Crippen molar-refractivity contribution in [2.75, 3.05) is 13.1 Å².